The molecule has 20 heavy (non-hydrogen) atoms. The number of nitrogens with zero attached hydrogens (tertiary/aromatic N) is 1. The molecule has 0 saturated heterocycles. The summed E-state index contributed by atoms with van der Waals surface area (Å²) in [6.45, 7) is 0.661. The number of nitrogens with two attached hydrogens (primary N) is 1. The average molecular weight is 290 g/mol. The molecule has 0 spiro atoms. The maximum absolute atomic E-state index is 13.9. The standard InChI is InChI=1S/C14H18F4N2/c1-9(19)7-11-12(15)3-2-4-13(11)20(10-5-6-10)8-14(16,17)18/h2-4,9-10H,5-8,19H2,1H3. The van der Waals surface area contributed by atoms with Crippen molar-refractivity contribution < 1.29 is 17.6 Å². The summed E-state index contributed by atoms with van der Waals surface area (Å²) >= 11 is 0. The second kappa shape index (κ2) is 5.60. The third-order valence-corrected chi connectivity index (χ3v) is 3.27. The van der Waals surface area contributed by atoms with Crippen LogP contribution in [0.4, 0.5) is 23.2 Å². The lowest BCUT2D eigenvalue weighted by atomic mass is 10.0. The summed E-state index contributed by atoms with van der Waals surface area (Å²) in [6.07, 6.45) is -2.65. The van der Waals surface area contributed by atoms with Crippen LogP contribution in [0.15, 0.2) is 18.2 Å². The first kappa shape index (κ1) is 15.1. The Morgan fingerprint density at radius 3 is 2.50 bits per heavy atom. The molecule has 2 N–H and O–H groups in total. The predicted molar refractivity (Wildman–Crippen MR) is 70.2 cm³/mol. The number of hydrogen-bond donors (Lipinski definition) is 1. The average Bonchev–Trinajstić information content (AvgIpc) is 3.11. The van der Waals surface area contributed by atoms with E-state index >= 15 is 0 Å². The third kappa shape index (κ3) is 3.85. The number of hydrogen-bond acceptors (Lipinski definition) is 2. The van der Waals surface area contributed by atoms with Gasteiger partial charge in [-0.3, -0.25) is 0 Å². The van der Waals surface area contributed by atoms with Gasteiger partial charge in [0.05, 0.1) is 0 Å². The van der Waals surface area contributed by atoms with Crippen LogP contribution < -0.4 is 10.6 Å². The van der Waals surface area contributed by atoms with Crippen LogP contribution in [-0.4, -0.2) is 24.8 Å². The van der Waals surface area contributed by atoms with E-state index < -0.39 is 18.5 Å². The Balaban J connectivity index is 2.35. The number of halogens is 4. The van der Waals surface area contributed by atoms with Crippen LogP contribution in [0.5, 0.6) is 0 Å². The fraction of sp³-hybridized carbons (Fsp3) is 0.571. The zero-order valence-electron chi connectivity index (χ0n) is 11.3. The van der Waals surface area contributed by atoms with Gasteiger partial charge in [0.1, 0.15) is 12.4 Å². The van der Waals surface area contributed by atoms with Crippen LogP contribution in [0.1, 0.15) is 25.3 Å². The molecule has 0 amide bonds. The highest BCUT2D eigenvalue weighted by molar-refractivity contribution is 5.56. The van der Waals surface area contributed by atoms with E-state index in [1.807, 2.05) is 0 Å². The van der Waals surface area contributed by atoms with Gasteiger partial charge in [0.15, 0.2) is 0 Å². The zero-order chi connectivity index (χ0) is 14.9. The summed E-state index contributed by atoms with van der Waals surface area (Å²) in [4.78, 5) is 1.26. The molecule has 1 aromatic carbocycles. The first-order valence-corrected chi connectivity index (χ1v) is 6.64. The Bertz CT molecular complexity index is 467. The van der Waals surface area contributed by atoms with Crippen LogP contribution in [0, 0.1) is 5.82 Å². The minimum absolute atomic E-state index is 0.148. The first-order valence-electron chi connectivity index (χ1n) is 6.64. The van der Waals surface area contributed by atoms with Gasteiger partial charge in [0.2, 0.25) is 0 Å². The van der Waals surface area contributed by atoms with E-state index in [1.54, 1.807) is 13.0 Å². The Hall–Kier alpha value is -1.30. The predicted octanol–water partition coefficient (Wildman–Crippen LogP) is 3.25. The Morgan fingerprint density at radius 1 is 1.35 bits per heavy atom. The molecule has 1 fully saturated rings. The van der Waals surface area contributed by atoms with E-state index in [1.165, 1.54) is 17.0 Å². The largest absolute Gasteiger partial charge is 0.405 e. The molecular formula is C14H18F4N2. The number of anilines is 1. The van der Waals surface area contributed by atoms with E-state index in [0.29, 0.717) is 18.5 Å². The van der Waals surface area contributed by atoms with Crippen molar-refractivity contribution in [1.82, 2.24) is 0 Å². The van der Waals surface area contributed by atoms with Gasteiger partial charge in [0, 0.05) is 23.3 Å². The van der Waals surface area contributed by atoms with E-state index in [2.05, 4.69) is 0 Å². The van der Waals surface area contributed by atoms with Crippen molar-refractivity contribution in [3.8, 4) is 0 Å². The normalized spacial score (nSPS) is 17.1. The van der Waals surface area contributed by atoms with Gasteiger partial charge in [0.25, 0.3) is 0 Å². The number of rotatable bonds is 5. The number of benzene rings is 1. The van der Waals surface area contributed by atoms with Crippen molar-refractivity contribution in [1.29, 1.82) is 0 Å². The molecule has 0 radical (unpaired) electrons. The summed E-state index contributed by atoms with van der Waals surface area (Å²) in [6, 6.07) is 3.80. The second-order valence-electron chi connectivity index (χ2n) is 5.39. The monoisotopic (exact) mass is 290 g/mol. The summed E-state index contributed by atoms with van der Waals surface area (Å²) in [5, 5.41) is 0. The summed E-state index contributed by atoms with van der Waals surface area (Å²) in [5.74, 6) is -0.493. The molecule has 1 aliphatic rings. The van der Waals surface area contributed by atoms with E-state index in [9.17, 15) is 17.6 Å². The molecular weight excluding hydrogens is 272 g/mol. The highest BCUT2D eigenvalue weighted by atomic mass is 19.4. The maximum Gasteiger partial charge on any atom is 0.405 e. The van der Waals surface area contributed by atoms with Crippen LogP contribution in [0.2, 0.25) is 0 Å². The zero-order valence-corrected chi connectivity index (χ0v) is 11.3. The fourth-order valence-corrected chi connectivity index (χ4v) is 2.33. The molecule has 2 nitrogen and oxygen atoms in total. The van der Waals surface area contributed by atoms with Gasteiger partial charge < -0.3 is 10.6 Å². The first-order chi connectivity index (χ1) is 9.28. The van der Waals surface area contributed by atoms with Gasteiger partial charge >= 0.3 is 6.18 Å². The molecule has 0 heterocycles. The van der Waals surface area contributed by atoms with Crippen LogP contribution in [0.3, 0.4) is 0 Å². The van der Waals surface area contributed by atoms with Crippen molar-refractivity contribution >= 4 is 5.69 Å². The molecule has 1 aromatic rings. The highest BCUT2D eigenvalue weighted by Gasteiger charge is 2.39. The molecule has 0 aliphatic heterocycles. The molecule has 1 aliphatic carbocycles. The Kier molecular flexibility index (Phi) is 4.22. The van der Waals surface area contributed by atoms with Crippen LogP contribution >= 0.6 is 0 Å². The lowest BCUT2D eigenvalue weighted by Gasteiger charge is -2.28. The minimum atomic E-state index is -4.31. The SMILES string of the molecule is CC(N)Cc1c(F)cccc1N(CC(F)(F)F)C1CC1. The highest BCUT2D eigenvalue weighted by Crippen LogP contribution is 2.37. The Morgan fingerprint density at radius 2 is 2.00 bits per heavy atom. The van der Waals surface area contributed by atoms with E-state index in [4.69, 9.17) is 5.73 Å². The lowest BCUT2D eigenvalue weighted by Crippen LogP contribution is -2.37. The van der Waals surface area contributed by atoms with Gasteiger partial charge in [-0.15, -0.1) is 0 Å². The quantitative estimate of drug-likeness (QED) is 0.844. The lowest BCUT2D eigenvalue weighted by molar-refractivity contribution is -0.120. The molecule has 0 bridgehead atoms. The molecule has 6 heteroatoms. The second-order valence-corrected chi connectivity index (χ2v) is 5.39. The van der Waals surface area contributed by atoms with Crippen molar-refractivity contribution in [3.05, 3.63) is 29.6 Å². The summed E-state index contributed by atoms with van der Waals surface area (Å²) < 4.78 is 52.1. The molecule has 1 saturated carbocycles. The topological polar surface area (TPSA) is 29.3 Å². The smallest absolute Gasteiger partial charge is 0.359 e. The van der Waals surface area contributed by atoms with Crippen LogP contribution in [0.25, 0.3) is 0 Å². The van der Waals surface area contributed by atoms with E-state index in [0.717, 1.165) is 0 Å². The van der Waals surface area contributed by atoms with Crippen molar-refractivity contribution in [3.63, 3.8) is 0 Å². The fourth-order valence-electron chi connectivity index (χ4n) is 2.33. The molecule has 2 rings (SSSR count). The summed E-state index contributed by atoms with van der Waals surface area (Å²) in [5.41, 5.74) is 6.27. The molecule has 1 atom stereocenters. The van der Waals surface area contributed by atoms with E-state index in [-0.39, 0.29) is 24.1 Å². The minimum Gasteiger partial charge on any atom is -0.359 e. The third-order valence-electron chi connectivity index (χ3n) is 3.27. The van der Waals surface area contributed by atoms with Gasteiger partial charge in [-0.1, -0.05) is 6.07 Å². The molecule has 112 valence electrons. The summed E-state index contributed by atoms with van der Waals surface area (Å²) in [7, 11) is 0. The van der Waals surface area contributed by atoms with Crippen molar-refractivity contribution in [2.24, 2.45) is 5.73 Å². The van der Waals surface area contributed by atoms with Gasteiger partial charge in [-0.2, -0.15) is 13.2 Å². The van der Waals surface area contributed by atoms with Crippen LogP contribution in [-0.2, 0) is 6.42 Å². The van der Waals surface area contributed by atoms with Crippen molar-refractivity contribution in [2.45, 2.75) is 44.4 Å². The maximum atomic E-state index is 13.9. The number of alkyl halides is 3. The Labute approximate surface area is 115 Å². The van der Waals surface area contributed by atoms with Gasteiger partial charge in [-0.05, 0) is 38.3 Å². The van der Waals surface area contributed by atoms with Gasteiger partial charge in [-0.25, -0.2) is 4.39 Å². The molecule has 1 unspecified atom stereocenters. The van der Waals surface area contributed by atoms with Crippen molar-refractivity contribution in [2.75, 3.05) is 11.4 Å². The molecule has 0 aromatic heterocycles.